The molecule has 1 fully saturated rings. The molecule has 1 saturated heterocycles. The maximum atomic E-state index is 12.1. The molecule has 6 heteroatoms. The van der Waals surface area contributed by atoms with Crippen molar-refractivity contribution in [2.75, 3.05) is 26.2 Å². The second-order valence-electron chi connectivity index (χ2n) is 4.70. The van der Waals surface area contributed by atoms with Crippen LogP contribution in [0.25, 0.3) is 6.08 Å². The lowest BCUT2D eigenvalue weighted by molar-refractivity contribution is -0.133. The zero-order valence-electron chi connectivity index (χ0n) is 11.3. The van der Waals surface area contributed by atoms with E-state index in [1.165, 1.54) is 11.3 Å². The zero-order chi connectivity index (χ0) is 14.4. The topological polar surface area (TPSA) is 75.8 Å². The Labute approximate surface area is 122 Å². The molecule has 5 nitrogen and oxygen atoms in total. The van der Waals surface area contributed by atoms with E-state index in [2.05, 4.69) is 0 Å². The summed E-state index contributed by atoms with van der Waals surface area (Å²) in [6, 6.07) is 1.88. The van der Waals surface area contributed by atoms with Crippen LogP contribution in [0.2, 0.25) is 0 Å². The molecular formula is C14H20N2O3S. The highest BCUT2D eigenvalue weighted by Gasteiger charge is 2.22. The summed E-state index contributed by atoms with van der Waals surface area (Å²) in [7, 11) is 0. The highest BCUT2D eigenvalue weighted by atomic mass is 32.1. The monoisotopic (exact) mass is 296 g/mol. The van der Waals surface area contributed by atoms with Crippen LogP contribution in [0, 0.1) is 0 Å². The Balaban J connectivity index is 1.90. The van der Waals surface area contributed by atoms with Crippen LogP contribution in [0.3, 0.4) is 0 Å². The number of nitrogens with zero attached hydrogens (tertiary/aromatic N) is 1. The predicted molar refractivity (Wildman–Crippen MR) is 79.3 cm³/mol. The first kappa shape index (κ1) is 15.2. The van der Waals surface area contributed by atoms with Gasteiger partial charge in [-0.15, -0.1) is 11.3 Å². The minimum absolute atomic E-state index is 0.00531. The fourth-order valence-electron chi connectivity index (χ4n) is 2.10. The zero-order valence-corrected chi connectivity index (χ0v) is 12.1. The van der Waals surface area contributed by atoms with Gasteiger partial charge in [0.25, 0.3) is 0 Å². The molecule has 0 aromatic carbocycles. The summed E-state index contributed by atoms with van der Waals surface area (Å²) in [5.74, 6) is -0.00531. The summed E-state index contributed by atoms with van der Waals surface area (Å²) < 4.78 is 5.56. The number of carbonyl (C=O) groups excluding carboxylic acids is 1. The van der Waals surface area contributed by atoms with Gasteiger partial charge in [0.1, 0.15) is 0 Å². The number of amides is 1. The third kappa shape index (κ3) is 4.14. The van der Waals surface area contributed by atoms with Gasteiger partial charge in [-0.3, -0.25) is 4.79 Å². The van der Waals surface area contributed by atoms with Gasteiger partial charge in [-0.1, -0.05) is 0 Å². The van der Waals surface area contributed by atoms with E-state index in [1.54, 1.807) is 17.1 Å². The predicted octanol–water partition coefficient (Wildman–Crippen LogP) is 0.830. The van der Waals surface area contributed by atoms with Crippen molar-refractivity contribution >= 4 is 23.3 Å². The number of carbonyl (C=O) groups is 1. The Morgan fingerprint density at radius 2 is 2.50 bits per heavy atom. The molecule has 1 aromatic rings. The highest BCUT2D eigenvalue weighted by Crippen LogP contribution is 2.16. The van der Waals surface area contributed by atoms with Gasteiger partial charge < -0.3 is 20.5 Å². The molecule has 1 atom stereocenters. The molecule has 110 valence electrons. The first-order valence-corrected chi connectivity index (χ1v) is 7.58. The van der Waals surface area contributed by atoms with E-state index in [1.807, 2.05) is 11.4 Å². The van der Waals surface area contributed by atoms with Crippen LogP contribution in [0.5, 0.6) is 0 Å². The van der Waals surface area contributed by atoms with Crippen molar-refractivity contribution in [1.29, 1.82) is 0 Å². The number of rotatable bonds is 5. The molecule has 1 aromatic heterocycles. The lowest BCUT2D eigenvalue weighted by atomic mass is 10.2. The fourth-order valence-corrected chi connectivity index (χ4v) is 2.90. The van der Waals surface area contributed by atoms with Crippen molar-refractivity contribution in [3.63, 3.8) is 0 Å². The first-order valence-electron chi connectivity index (χ1n) is 6.70. The summed E-state index contributed by atoms with van der Waals surface area (Å²) in [5, 5.41) is 10.9. The number of hydrogen-bond acceptors (Lipinski definition) is 5. The molecule has 20 heavy (non-hydrogen) atoms. The summed E-state index contributed by atoms with van der Waals surface area (Å²) >= 11 is 1.51. The Morgan fingerprint density at radius 3 is 3.20 bits per heavy atom. The van der Waals surface area contributed by atoms with E-state index in [0.717, 1.165) is 16.9 Å². The maximum absolute atomic E-state index is 12.1. The average molecular weight is 296 g/mol. The molecule has 2 heterocycles. The van der Waals surface area contributed by atoms with Crippen molar-refractivity contribution in [2.45, 2.75) is 19.1 Å². The molecule has 1 unspecified atom stereocenters. The molecule has 1 amide bonds. The van der Waals surface area contributed by atoms with Crippen molar-refractivity contribution < 1.29 is 14.6 Å². The standard InChI is InChI=1S/C14H20N2O3S/c15-4-3-12-8-16(5-6-19-12)14(18)2-1-13-7-11(9-17)10-20-13/h1-2,7,10,12,17H,3-6,8-9,15H2/b2-1+. The maximum Gasteiger partial charge on any atom is 0.246 e. The number of aliphatic hydroxyl groups excluding tert-OH is 1. The molecule has 0 bridgehead atoms. The second-order valence-corrected chi connectivity index (χ2v) is 5.65. The van der Waals surface area contributed by atoms with Crippen molar-refractivity contribution in [3.05, 3.63) is 28.0 Å². The van der Waals surface area contributed by atoms with Crippen LogP contribution in [0.4, 0.5) is 0 Å². The third-order valence-electron chi connectivity index (χ3n) is 3.19. The van der Waals surface area contributed by atoms with Crippen LogP contribution < -0.4 is 5.73 Å². The van der Waals surface area contributed by atoms with E-state index >= 15 is 0 Å². The lowest BCUT2D eigenvalue weighted by Gasteiger charge is -2.32. The van der Waals surface area contributed by atoms with Crippen LogP contribution in [-0.4, -0.2) is 48.3 Å². The van der Waals surface area contributed by atoms with Crippen LogP contribution in [-0.2, 0) is 16.1 Å². The molecule has 0 aliphatic carbocycles. The summed E-state index contributed by atoms with van der Waals surface area (Å²) in [6.07, 6.45) is 4.20. The van der Waals surface area contributed by atoms with Crippen molar-refractivity contribution in [1.82, 2.24) is 4.90 Å². The van der Waals surface area contributed by atoms with Crippen molar-refractivity contribution in [3.8, 4) is 0 Å². The largest absolute Gasteiger partial charge is 0.392 e. The first-order chi connectivity index (χ1) is 9.72. The highest BCUT2D eigenvalue weighted by molar-refractivity contribution is 7.11. The Hall–Kier alpha value is -1.21. The quantitative estimate of drug-likeness (QED) is 0.789. The van der Waals surface area contributed by atoms with Crippen LogP contribution in [0.15, 0.2) is 17.5 Å². The van der Waals surface area contributed by atoms with E-state index in [9.17, 15) is 4.79 Å². The van der Waals surface area contributed by atoms with E-state index in [4.69, 9.17) is 15.6 Å². The third-order valence-corrected chi connectivity index (χ3v) is 4.13. The Morgan fingerprint density at radius 1 is 1.65 bits per heavy atom. The molecule has 0 saturated carbocycles. The van der Waals surface area contributed by atoms with Gasteiger partial charge in [-0.05, 0) is 36.1 Å². The van der Waals surface area contributed by atoms with Gasteiger partial charge in [0, 0.05) is 24.0 Å². The Kier molecular flexibility index (Phi) is 5.72. The normalized spacial score (nSPS) is 19.7. The summed E-state index contributed by atoms with van der Waals surface area (Å²) in [6.45, 7) is 2.39. The minimum atomic E-state index is -0.00531. The second kappa shape index (κ2) is 7.54. The van der Waals surface area contributed by atoms with Crippen LogP contribution >= 0.6 is 11.3 Å². The number of aliphatic hydroxyl groups is 1. The number of ether oxygens (including phenoxy) is 1. The molecule has 0 spiro atoms. The van der Waals surface area contributed by atoms with Crippen molar-refractivity contribution in [2.24, 2.45) is 5.73 Å². The minimum Gasteiger partial charge on any atom is -0.392 e. The van der Waals surface area contributed by atoms with E-state index in [-0.39, 0.29) is 18.6 Å². The van der Waals surface area contributed by atoms with Gasteiger partial charge >= 0.3 is 0 Å². The van der Waals surface area contributed by atoms with E-state index in [0.29, 0.717) is 26.2 Å². The molecule has 1 aliphatic heterocycles. The molecule has 0 radical (unpaired) electrons. The van der Waals surface area contributed by atoms with Gasteiger partial charge in [0.05, 0.1) is 19.3 Å². The smallest absolute Gasteiger partial charge is 0.246 e. The molecule has 2 rings (SSSR count). The Bertz CT molecular complexity index is 471. The van der Waals surface area contributed by atoms with E-state index < -0.39 is 0 Å². The van der Waals surface area contributed by atoms with Gasteiger partial charge in [0.2, 0.25) is 5.91 Å². The molecule has 1 aliphatic rings. The number of thiophene rings is 1. The van der Waals surface area contributed by atoms with Gasteiger partial charge in [-0.25, -0.2) is 0 Å². The summed E-state index contributed by atoms with van der Waals surface area (Å²) in [5.41, 5.74) is 6.39. The van der Waals surface area contributed by atoms with Crippen LogP contribution in [0.1, 0.15) is 16.9 Å². The average Bonchev–Trinajstić information content (AvgIpc) is 2.93. The van der Waals surface area contributed by atoms with Gasteiger partial charge in [-0.2, -0.15) is 0 Å². The van der Waals surface area contributed by atoms with Gasteiger partial charge in [0.15, 0.2) is 0 Å². The number of morpholine rings is 1. The number of hydrogen-bond donors (Lipinski definition) is 2. The molecular weight excluding hydrogens is 276 g/mol. The summed E-state index contributed by atoms with van der Waals surface area (Å²) in [4.78, 5) is 14.9. The number of nitrogens with two attached hydrogens (primary N) is 1. The SMILES string of the molecule is NCCC1CN(C(=O)/C=C/c2cc(CO)cs2)CCO1. The fraction of sp³-hybridized carbons (Fsp3) is 0.500. The molecule has 3 N–H and O–H groups in total. The lowest BCUT2D eigenvalue weighted by Crippen LogP contribution is -2.45.